The van der Waals surface area contributed by atoms with Gasteiger partial charge in [-0.3, -0.25) is 0 Å². The van der Waals surface area contributed by atoms with Crippen molar-refractivity contribution in [1.29, 1.82) is 0 Å². The molecule has 0 atom stereocenters. The van der Waals surface area contributed by atoms with Gasteiger partial charge in [0.15, 0.2) is 0 Å². The van der Waals surface area contributed by atoms with Crippen LogP contribution < -0.4 is 15.8 Å². The Kier molecular flexibility index (Phi) is 5.50. The Morgan fingerprint density at radius 2 is 1.87 bits per heavy atom. The standard InChI is InChI=1S/C17H19BrN2O3/c1-10(2)23-12-6-4-11(5-7-12)20-16-9-14(18)13(8-15(16)19)17(21)22-3/h4-10,20H,19H2,1-3H3. The number of halogens is 1. The van der Waals surface area contributed by atoms with Gasteiger partial charge in [-0.15, -0.1) is 0 Å². The third-order valence-electron chi connectivity index (χ3n) is 3.05. The summed E-state index contributed by atoms with van der Waals surface area (Å²) in [5.41, 5.74) is 8.41. The van der Waals surface area contributed by atoms with Crippen LogP contribution in [0.4, 0.5) is 17.1 Å². The lowest BCUT2D eigenvalue weighted by atomic mass is 10.1. The number of nitrogens with two attached hydrogens (primary N) is 1. The van der Waals surface area contributed by atoms with Crippen molar-refractivity contribution in [2.24, 2.45) is 0 Å². The van der Waals surface area contributed by atoms with Crippen LogP contribution in [-0.2, 0) is 4.74 Å². The molecule has 0 unspecified atom stereocenters. The smallest absolute Gasteiger partial charge is 0.339 e. The molecule has 122 valence electrons. The van der Waals surface area contributed by atoms with E-state index in [2.05, 4.69) is 21.2 Å². The molecule has 0 heterocycles. The van der Waals surface area contributed by atoms with Crippen LogP contribution in [0.2, 0.25) is 0 Å². The molecule has 0 aliphatic heterocycles. The number of carbonyl (C=O) groups is 1. The van der Waals surface area contributed by atoms with E-state index in [4.69, 9.17) is 15.2 Å². The van der Waals surface area contributed by atoms with Gasteiger partial charge in [0.05, 0.1) is 30.2 Å². The molecule has 6 heteroatoms. The monoisotopic (exact) mass is 378 g/mol. The van der Waals surface area contributed by atoms with Gasteiger partial charge in [0.1, 0.15) is 5.75 Å². The van der Waals surface area contributed by atoms with Crippen LogP contribution in [0.25, 0.3) is 0 Å². The van der Waals surface area contributed by atoms with Gasteiger partial charge in [-0.1, -0.05) is 0 Å². The van der Waals surface area contributed by atoms with Crippen molar-refractivity contribution in [1.82, 2.24) is 0 Å². The van der Waals surface area contributed by atoms with Gasteiger partial charge in [0, 0.05) is 10.2 Å². The highest BCUT2D eigenvalue weighted by atomic mass is 79.9. The Bertz CT molecular complexity index is 700. The summed E-state index contributed by atoms with van der Waals surface area (Å²) in [6.45, 7) is 3.96. The van der Waals surface area contributed by atoms with Gasteiger partial charge in [-0.2, -0.15) is 0 Å². The first-order chi connectivity index (χ1) is 10.9. The Balaban J connectivity index is 2.20. The molecule has 2 aromatic rings. The lowest BCUT2D eigenvalue weighted by Crippen LogP contribution is -2.06. The lowest BCUT2D eigenvalue weighted by Gasteiger charge is -2.13. The highest BCUT2D eigenvalue weighted by Crippen LogP contribution is 2.31. The minimum absolute atomic E-state index is 0.131. The fraction of sp³-hybridized carbons (Fsp3) is 0.235. The van der Waals surface area contributed by atoms with Gasteiger partial charge < -0.3 is 20.5 Å². The zero-order chi connectivity index (χ0) is 17.0. The van der Waals surface area contributed by atoms with Gasteiger partial charge >= 0.3 is 5.97 Å². The van der Waals surface area contributed by atoms with E-state index in [1.54, 1.807) is 12.1 Å². The summed E-state index contributed by atoms with van der Waals surface area (Å²) in [4.78, 5) is 11.6. The van der Waals surface area contributed by atoms with Crippen LogP contribution in [0.5, 0.6) is 5.75 Å². The van der Waals surface area contributed by atoms with E-state index in [0.717, 1.165) is 11.4 Å². The third kappa shape index (κ3) is 4.39. The van der Waals surface area contributed by atoms with Crippen molar-refractivity contribution >= 4 is 39.0 Å². The van der Waals surface area contributed by atoms with Gasteiger partial charge in [-0.05, 0) is 66.2 Å². The van der Waals surface area contributed by atoms with E-state index < -0.39 is 5.97 Å². The van der Waals surface area contributed by atoms with Crippen LogP contribution in [0.15, 0.2) is 40.9 Å². The fourth-order valence-corrected chi connectivity index (χ4v) is 2.51. The van der Waals surface area contributed by atoms with Crippen LogP contribution in [0, 0.1) is 0 Å². The van der Waals surface area contributed by atoms with Gasteiger partial charge in [-0.25, -0.2) is 4.79 Å². The maximum atomic E-state index is 11.6. The number of methoxy groups -OCH3 is 1. The van der Waals surface area contributed by atoms with Crippen LogP contribution in [-0.4, -0.2) is 19.2 Å². The first-order valence-electron chi connectivity index (χ1n) is 7.11. The first-order valence-corrected chi connectivity index (χ1v) is 7.91. The lowest BCUT2D eigenvalue weighted by molar-refractivity contribution is 0.0600. The summed E-state index contributed by atoms with van der Waals surface area (Å²) in [6.07, 6.45) is 0.131. The normalized spacial score (nSPS) is 10.5. The molecular weight excluding hydrogens is 360 g/mol. The number of esters is 1. The highest BCUT2D eigenvalue weighted by molar-refractivity contribution is 9.10. The second kappa shape index (κ2) is 7.37. The van der Waals surface area contributed by atoms with Gasteiger partial charge in [0.2, 0.25) is 0 Å². The molecular formula is C17H19BrN2O3. The van der Waals surface area contributed by atoms with Crippen LogP contribution >= 0.6 is 15.9 Å². The number of nitrogens with one attached hydrogen (secondary N) is 1. The second-order valence-corrected chi connectivity index (χ2v) is 6.08. The number of hydrogen-bond donors (Lipinski definition) is 2. The van der Waals surface area contributed by atoms with Crippen molar-refractivity contribution in [3.8, 4) is 5.75 Å². The number of hydrogen-bond acceptors (Lipinski definition) is 5. The molecule has 2 aromatic carbocycles. The van der Waals surface area contributed by atoms with Crippen LogP contribution in [0.1, 0.15) is 24.2 Å². The van der Waals surface area contributed by atoms with E-state index in [9.17, 15) is 4.79 Å². The predicted molar refractivity (Wildman–Crippen MR) is 95.4 cm³/mol. The van der Waals surface area contributed by atoms with E-state index in [1.807, 2.05) is 38.1 Å². The zero-order valence-electron chi connectivity index (χ0n) is 13.2. The molecule has 0 aromatic heterocycles. The Morgan fingerprint density at radius 3 is 2.43 bits per heavy atom. The van der Waals surface area contributed by atoms with Crippen molar-refractivity contribution in [2.45, 2.75) is 20.0 Å². The maximum Gasteiger partial charge on any atom is 0.339 e. The van der Waals surface area contributed by atoms with E-state index in [0.29, 0.717) is 21.4 Å². The fourth-order valence-electron chi connectivity index (χ4n) is 2.01. The number of anilines is 3. The first kappa shape index (κ1) is 17.1. The van der Waals surface area contributed by atoms with Crippen molar-refractivity contribution < 1.29 is 14.3 Å². The number of nitrogen functional groups attached to an aromatic ring is 1. The van der Waals surface area contributed by atoms with Crippen molar-refractivity contribution in [3.63, 3.8) is 0 Å². The molecule has 0 radical (unpaired) electrons. The molecule has 3 N–H and O–H groups in total. The largest absolute Gasteiger partial charge is 0.491 e. The van der Waals surface area contributed by atoms with Crippen molar-refractivity contribution in [3.05, 3.63) is 46.4 Å². The second-order valence-electron chi connectivity index (χ2n) is 5.23. The molecule has 0 aliphatic rings. The Hall–Kier alpha value is -2.21. The topological polar surface area (TPSA) is 73.6 Å². The third-order valence-corrected chi connectivity index (χ3v) is 3.71. The van der Waals surface area contributed by atoms with Crippen molar-refractivity contribution in [2.75, 3.05) is 18.2 Å². The molecule has 5 nitrogen and oxygen atoms in total. The van der Waals surface area contributed by atoms with E-state index >= 15 is 0 Å². The molecule has 0 fully saturated rings. The summed E-state index contributed by atoms with van der Waals surface area (Å²) in [6, 6.07) is 10.9. The summed E-state index contributed by atoms with van der Waals surface area (Å²) in [5, 5.41) is 3.22. The zero-order valence-corrected chi connectivity index (χ0v) is 14.8. The quantitative estimate of drug-likeness (QED) is 0.597. The highest BCUT2D eigenvalue weighted by Gasteiger charge is 2.13. The number of ether oxygens (including phenoxy) is 2. The predicted octanol–water partition coefficient (Wildman–Crippen LogP) is 4.35. The molecule has 23 heavy (non-hydrogen) atoms. The molecule has 2 rings (SSSR count). The average Bonchev–Trinajstić information content (AvgIpc) is 2.51. The number of benzene rings is 2. The number of rotatable bonds is 5. The van der Waals surface area contributed by atoms with E-state index in [1.165, 1.54) is 7.11 Å². The number of carbonyl (C=O) groups excluding carboxylic acids is 1. The minimum atomic E-state index is -0.440. The van der Waals surface area contributed by atoms with Crippen LogP contribution in [0.3, 0.4) is 0 Å². The minimum Gasteiger partial charge on any atom is -0.491 e. The Morgan fingerprint density at radius 1 is 1.22 bits per heavy atom. The molecule has 0 spiro atoms. The summed E-state index contributed by atoms with van der Waals surface area (Å²) in [5.74, 6) is 0.367. The molecule has 0 aliphatic carbocycles. The molecule has 0 amide bonds. The summed E-state index contributed by atoms with van der Waals surface area (Å²) >= 11 is 3.36. The Labute approximate surface area is 143 Å². The van der Waals surface area contributed by atoms with E-state index in [-0.39, 0.29) is 6.10 Å². The summed E-state index contributed by atoms with van der Waals surface area (Å²) in [7, 11) is 1.33. The maximum absolute atomic E-state index is 11.6. The molecule has 0 saturated heterocycles. The molecule has 0 bridgehead atoms. The summed E-state index contributed by atoms with van der Waals surface area (Å²) < 4.78 is 10.9. The van der Waals surface area contributed by atoms with Gasteiger partial charge in [0.25, 0.3) is 0 Å². The SMILES string of the molecule is COC(=O)c1cc(N)c(Nc2ccc(OC(C)C)cc2)cc1Br. The average molecular weight is 379 g/mol. The molecule has 0 saturated carbocycles.